The van der Waals surface area contributed by atoms with Crippen molar-refractivity contribution in [1.29, 1.82) is 0 Å². The second-order valence-corrected chi connectivity index (χ2v) is 21.7. The summed E-state index contributed by atoms with van der Waals surface area (Å²) in [6.45, 7) is 21.7. The Bertz CT molecular complexity index is 975. The summed E-state index contributed by atoms with van der Waals surface area (Å²) < 4.78 is 24.6. The van der Waals surface area contributed by atoms with Crippen LogP contribution in [-0.4, -0.2) is 112 Å². The number of hydrogen-bond acceptors (Lipinski definition) is 6. The number of nitrogens with zero attached hydrogens (tertiary/aromatic N) is 2. The molecule has 0 rings (SSSR count). The maximum Gasteiger partial charge on any atom is 0.367 e. The molecule has 370 valence electrons. The van der Waals surface area contributed by atoms with E-state index in [0.29, 0.717) is 22.2 Å². The predicted octanol–water partition coefficient (Wildman–Crippen LogP) is 14.3. The fourth-order valence-corrected chi connectivity index (χ4v) is 9.06. The van der Waals surface area contributed by atoms with Crippen LogP contribution in [0.5, 0.6) is 0 Å². The Morgan fingerprint density at radius 1 is 0.371 bits per heavy atom. The normalized spacial score (nSPS) is 15.2. The Hall–Kier alpha value is -1.22. The van der Waals surface area contributed by atoms with E-state index in [9.17, 15) is 9.59 Å². The number of ether oxygens (including phenoxy) is 4. The molecule has 0 fully saturated rings. The van der Waals surface area contributed by atoms with Crippen LogP contribution in [0.1, 0.15) is 248 Å². The van der Waals surface area contributed by atoms with Crippen molar-refractivity contribution >= 4 is 11.9 Å². The van der Waals surface area contributed by atoms with Gasteiger partial charge in [-0.3, -0.25) is 0 Å². The van der Waals surface area contributed by atoms with E-state index in [1.165, 1.54) is 181 Å². The molecule has 62 heavy (non-hydrogen) atoms. The fraction of sp³-hybridized carbons (Fsp3) is 0.963. The Kier molecular flexibility index (Phi) is 36.2. The van der Waals surface area contributed by atoms with Gasteiger partial charge in [0, 0.05) is 0 Å². The highest BCUT2D eigenvalue weighted by atomic mass is 16.5. The number of carbonyl (C=O) groups excluding carboxylic acids is 2. The number of unbranched alkanes of at least 4 members (excludes halogenated alkanes) is 27. The van der Waals surface area contributed by atoms with Gasteiger partial charge in [0.2, 0.25) is 12.1 Å². The zero-order chi connectivity index (χ0) is 46.6. The van der Waals surface area contributed by atoms with Crippen LogP contribution >= 0.6 is 0 Å². The molecule has 0 aromatic carbocycles. The summed E-state index contributed by atoms with van der Waals surface area (Å²) in [6, 6.07) is -0.588. The first kappa shape index (κ1) is 60.8. The zero-order valence-corrected chi connectivity index (χ0v) is 44.0. The summed E-state index contributed by atoms with van der Waals surface area (Å²) in [6.07, 6.45) is 38.6. The number of rotatable bonds is 43. The summed E-state index contributed by atoms with van der Waals surface area (Å²) >= 11 is 0. The van der Waals surface area contributed by atoms with E-state index < -0.39 is 0 Å². The summed E-state index contributed by atoms with van der Waals surface area (Å²) in [7, 11) is 7.60. The minimum atomic E-state index is -0.297. The smallest absolute Gasteiger partial charge is 0.367 e. The number of methoxy groups -OCH3 is 2. The molecule has 0 saturated carbocycles. The molecule has 0 saturated heterocycles. The van der Waals surface area contributed by atoms with Gasteiger partial charge in [0.15, 0.2) is 0 Å². The summed E-state index contributed by atoms with van der Waals surface area (Å²) in [5, 5.41) is 0. The molecular weight excluding hydrogens is 773 g/mol. The quantitative estimate of drug-likeness (QED) is 0.0345. The van der Waals surface area contributed by atoms with Crippen LogP contribution in [0.4, 0.5) is 0 Å². The first-order valence-corrected chi connectivity index (χ1v) is 26.6. The molecule has 0 aromatic heterocycles. The molecule has 0 heterocycles. The van der Waals surface area contributed by atoms with Crippen molar-refractivity contribution in [3.05, 3.63) is 0 Å². The molecule has 0 aliphatic heterocycles. The number of esters is 2. The molecule has 0 aliphatic carbocycles. The van der Waals surface area contributed by atoms with Gasteiger partial charge in [-0.2, -0.15) is 0 Å². The molecule has 0 N–H and O–H groups in total. The van der Waals surface area contributed by atoms with Crippen molar-refractivity contribution in [2.75, 3.05) is 67.7 Å². The molecule has 0 radical (unpaired) electrons. The minimum absolute atomic E-state index is 0.140. The number of hydrogen-bond donors (Lipinski definition) is 0. The number of quaternary nitrogens is 2. The van der Waals surface area contributed by atoms with E-state index in [1.54, 1.807) is 0 Å². The number of likely N-dealkylation sites (N-methyl/N-ethyl adjacent to an activating group) is 2. The molecule has 0 aromatic rings. The lowest BCUT2D eigenvalue weighted by Gasteiger charge is -2.41. The van der Waals surface area contributed by atoms with Crippen molar-refractivity contribution in [3.8, 4) is 0 Å². The van der Waals surface area contributed by atoms with Crippen LogP contribution in [0.2, 0.25) is 0 Å². The van der Waals surface area contributed by atoms with E-state index in [0.717, 1.165) is 51.9 Å². The summed E-state index contributed by atoms with van der Waals surface area (Å²) in [5.41, 5.74) is -0.593. The second-order valence-electron chi connectivity index (χ2n) is 21.7. The van der Waals surface area contributed by atoms with Gasteiger partial charge in [-0.25, -0.2) is 9.59 Å². The SMILES string of the molecule is CCCCCCCCCCCC[N+](C)(CCCCCCCCCCCC[N+](C)(CCCCCCCCCCCC)[C@@H](COC(C)(C)C)C(=O)OC)[C@@H](COC(C)(C)C)C(=O)OC. The van der Waals surface area contributed by atoms with Crippen molar-refractivity contribution in [2.45, 2.75) is 271 Å². The average Bonchev–Trinajstić information content (AvgIpc) is 3.21. The highest BCUT2D eigenvalue weighted by molar-refractivity contribution is 5.75. The van der Waals surface area contributed by atoms with Crippen molar-refractivity contribution < 1.29 is 37.5 Å². The summed E-state index contributed by atoms with van der Waals surface area (Å²) in [4.78, 5) is 26.4. The van der Waals surface area contributed by atoms with Gasteiger partial charge >= 0.3 is 11.9 Å². The van der Waals surface area contributed by atoms with Gasteiger partial charge in [0.05, 0.1) is 65.7 Å². The van der Waals surface area contributed by atoms with Crippen LogP contribution in [0.25, 0.3) is 0 Å². The lowest BCUT2D eigenvalue weighted by molar-refractivity contribution is -0.926. The monoisotopic (exact) mass is 883 g/mol. The first-order valence-electron chi connectivity index (χ1n) is 26.6. The summed E-state index contributed by atoms with van der Waals surface area (Å²) in [5.74, 6) is -0.279. The van der Waals surface area contributed by atoms with E-state index in [1.807, 2.05) is 0 Å². The van der Waals surface area contributed by atoms with Crippen molar-refractivity contribution in [2.24, 2.45) is 0 Å². The largest absolute Gasteiger partial charge is 0.465 e. The molecule has 0 spiro atoms. The Morgan fingerprint density at radius 3 is 0.742 bits per heavy atom. The molecule has 0 bridgehead atoms. The van der Waals surface area contributed by atoms with Gasteiger partial charge < -0.3 is 27.9 Å². The Morgan fingerprint density at radius 2 is 0.565 bits per heavy atom. The third kappa shape index (κ3) is 32.4. The van der Waals surface area contributed by atoms with Gasteiger partial charge in [-0.1, -0.05) is 155 Å². The highest BCUT2D eigenvalue weighted by Crippen LogP contribution is 2.24. The second kappa shape index (κ2) is 36.9. The number of carbonyl (C=O) groups is 2. The molecular formula is C54H110N2O6+2. The fourth-order valence-electron chi connectivity index (χ4n) is 9.06. The van der Waals surface area contributed by atoms with Gasteiger partial charge in [0.1, 0.15) is 13.2 Å². The molecule has 8 nitrogen and oxygen atoms in total. The lowest BCUT2D eigenvalue weighted by Crippen LogP contribution is -2.59. The van der Waals surface area contributed by atoms with E-state index >= 15 is 0 Å². The van der Waals surface area contributed by atoms with E-state index in [2.05, 4.69) is 69.5 Å². The molecule has 8 heteroatoms. The first-order chi connectivity index (χ1) is 29.5. The standard InChI is InChI=1S/C54H110N2O6/c1-13-15-17-19-21-23-27-31-35-39-43-55(9,49(51(57)59-11)47-61-53(3,4)5)45-41-37-33-29-25-26-30-34-38-42-46-56(10,50(52(58)60-12)48-62-54(6,7)8)44-40-36-32-28-24-22-20-18-16-14-2/h49-50H,13-48H2,1-12H3/q+2/t49-,50-,55?,56?/m0/s1. The average molecular weight is 883 g/mol. The van der Waals surface area contributed by atoms with Gasteiger partial charge in [0.25, 0.3) is 0 Å². The predicted molar refractivity (Wildman–Crippen MR) is 265 cm³/mol. The van der Waals surface area contributed by atoms with E-state index in [-0.39, 0.29) is 35.2 Å². The topological polar surface area (TPSA) is 71.1 Å². The third-order valence-corrected chi connectivity index (χ3v) is 13.4. The Balaban J connectivity index is 4.92. The van der Waals surface area contributed by atoms with Crippen LogP contribution < -0.4 is 0 Å². The van der Waals surface area contributed by atoms with E-state index in [4.69, 9.17) is 18.9 Å². The highest BCUT2D eigenvalue weighted by Gasteiger charge is 2.41. The molecule has 0 aliphatic rings. The van der Waals surface area contributed by atoms with Crippen molar-refractivity contribution in [3.63, 3.8) is 0 Å². The molecule has 0 amide bonds. The van der Waals surface area contributed by atoms with Gasteiger partial charge in [-0.05, 0) is 92.9 Å². The molecule has 4 atom stereocenters. The zero-order valence-electron chi connectivity index (χ0n) is 44.0. The maximum atomic E-state index is 13.2. The van der Waals surface area contributed by atoms with Crippen molar-refractivity contribution in [1.82, 2.24) is 0 Å². The van der Waals surface area contributed by atoms with Crippen LogP contribution in [-0.2, 0) is 28.5 Å². The molecule has 2 unspecified atom stereocenters. The maximum absolute atomic E-state index is 13.2. The lowest BCUT2D eigenvalue weighted by atomic mass is 10.0. The van der Waals surface area contributed by atoms with Crippen LogP contribution in [0.15, 0.2) is 0 Å². The minimum Gasteiger partial charge on any atom is -0.465 e. The van der Waals surface area contributed by atoms with Crippen LogP contribution in [0, 0.1) is 0 Å². The van der Waals surface area contributed by atoms with Crippen LogP contribution in [0.3, 0.4) is 0 Å². The van der Waals surface area contributed by atoms with Gasteiger partial charge in [-0.15, -0.1) is 0 Å². The Labute approximate surface area is 387 Å². The third-order valence-electron chi connectivity index (χ3n) is 13.4.